The third-order valence-corrected chi connectivity index (χ3v) is 4.19. The molecule has 1 aliphatic rings. The molecule has 19 heavy (non-hydrogen) atoms. The lowest BCUT2D eigenvalue weighted by atomic mass is 9.88. The van der Waals surface area contributed by atoms with E-state index in [0.717, 1.165) is 25.6 Å². The average molecular weight is 263 g/mol. The Labute approximate surface area is 116 Å². The number of likely N-dealkylation sites (tertiary alicyclic amines) is 1. The number of pyridine rings is 1. The van der Waals surface area contributed by atoms with Gasteiger partial charge in [0.1, 0.15) is 0 Å². The molecule has 0 aliphatic carbocycles. The van der Waals surface area contributed by atoms with Crippen molar-refractivity contribution in [2.75, 3.05) is 20.2 Å². The molecule has 1 fully saturated rings. The molecule has 0 radical (unpaired) electrons. The van der Waals surface area contributed by atoms with Gasteiger partial charge in [0.2, 0.25) is 5.88 Å². The number of ether oxygens (including phenoxy) is 1. The van der Waals surface area contributed by atoms with E-state index in [1.54, 1.807) is 7.11 Å². The average Bonchev–Trinajstić information content (AvgIpc) is 2.48. The number of rotatable bonds is 5. The zero-order valence-corrected chi connectivity index (χ0v) is 12.0. The van der Waals surface area contributed by atoms with E-state index in [-0.39, 0.29) is 0 Å². The maximum atomic E-state index is 5.93. The lowest BCUT2D eigenvalue weighted by Gasteiger charge is -2.38. The summed E-state index contributed by atoms with van der Waals surface area (Å²) in [5.41, 5.74) is 7.16. The summed E-state index contributed by atoms with van der Waals surface area (Å²) in [6.07, 6.45) is 5.69. The molecule has 1 aromatic rings. The largest absolute Gasteiger partial charge is 0.481 e. The van der Waals surface area contributed by atoms with E-state index >= 15 is 0 Å². The van der Waals surface area contributed by atoms with Crippen LogP contribution < -0.4 is 10.5 Å². The van der Waals surface area contributed by atoms with Gasteiger partial charge in [0.25, 0.3) is 0 Å². The number of methoxy groups -OCH3 is 1. The van der Waals surface area contributed by atoms with Crippen LogP contribution in [-0.4, -0.2) is 36.1 Å². The van der Waals surface area contributed by atoms with Crippen LogP contribution in [0.3, 0.4) is 0 Å². The van der Waals surface area contributed by atoms with Gasteiger partial charge >= 0.3 is 0 Å². The first kappa shape index (κ1) is 14.3. The minimum Gasteiger partial charge on any atom is -0.481 e. The first-order valence-electron chi connectivity index (χ1n) is 7.19. The van der Waals surface area contributed by atoms with Crippen molar-refractivity contribution in [3.8, 4) is 5.88 Å². The Morgan fingerprint density at radius 1 is 1.47 bits per heavy atom. The maximum Gasteiger partial charge on any atom is 0.212 e. The fraction of sp³-hybridized carbons (Fsp3) is 0.667. The molecule has 0 bridgehead atoms. The fourth-order valence-electron chi connectivity index (χ4n) is 2.87. The topological polar surface area (TPSA) is 51.4 Å². The van der Waals surface area contributed by atoms with Crippen molar-refractivity contribution in [1.29, 1.82) is 0 Å². The van der Waals surface area contributed by atoms with Crippen molar-refractivity contribution in [3.63, 3.8) is 0 Å². The Balaban J connectivity index is 1.96. The highest BCUT2D eigenvalue weighted by atomic mass is 16.5. The van der Waals surface area contributed by atoms with Crippen molar-refractivity contribution in [2.45, 2.75) is 38.8 Å². The molecule has 0 amide bonds. The third-order valence-electron chi connectivity index (χ3n) is 4.19. The Bertz CT molecular complexity index is 379. The predicted molar refractivity (Wildman–Crippen MR) is 77.1 cm³/mol. The molecule has 1 aromatic heterocycles. The van der Waals surface area contributed by atoms with Gasteiger partial charge in [-0.05, 0) is 30.9 Å². The Kier molecular flexibility index (Phi) is 5.16. The van der Waals surface area contributed by atoms with E-state index in [0.29, 0.717) is 11.9 Å². The SMILES string of the molecule is CCC1CCN(Cc2ccc(OC)nc2)C(CN)C1. The summed E-state index contributed by atoms with van der Waals surface area (Å²) in [4.78, 5) is 6.76. The highest BCUT2D eigenvalue weighted by Crippen LogP contribution is 2.26. The Morgan fingerprint density at radius 3 is 2.89 bits per heavy atom. The number of hydrogen-bond donors (Lipinski definition) is 1. The lowest BCUT2D eigenvalue weighted by molar-refractivity contribution is 0.107. The van der Waals surface area contributed by atoms with Gasteiger partial charge in [-0.1, -0.05) is 19.4 Å². The van der Waals surface area contributed by atoms with Gasteiger partial charge in [-0.2, -0.15) is 0 Å². The van der Waals surface area contributed by atoms with E-state index in [1.165, 1.54) is 24.8 Å². The van der Waals surface area contributed by atoms with Crippen LogP contribution >= 0.6 is 0 Å². The minimum absolute atomic E-state index is 0.515. The molecule has 1 saturated heterocycles. The summed E-state index contributed by atoms with van der Waals surface area (Å²) in [5.74, 6) is 1.52. The van der Waals surface area contributed by atoms with Crippen LogP contribution in [0.1, 0.15) is 31.7 Å². The smallest absolute Gasteiger partial charge is 0.212 e. The summed E-state index contributed by atoms with van der Waals surface area (Å²) in [6.45, 7) is 5.11. The zero-order valence-electron chi connectivity index (χ0n) is 12.0. The van der Waals surface area contributed by atoms with Crippen molar-refractivity contribution < 1.29 is 4.74 Å². The van der Waals surface area contributed by atoms with Crippen LogP contribution in [0.4, 0.5) is 0 Å². The lowest BCUT2D eigenvalue weighted by Crippen LogP contribution is -2.46. The van der Waals surface area contributed by atoms with Crippen molar-refractivity contribution in [1.82, 2.24) is 9.88 Å². The first-order valence-corrected chi connectivity index (χ1v) is 7.19. The van der Waals surface area contributed by atoms with Crippen LogP contribution in [0.5, 0.6) is 5.88 Å². The molecule has 0 aromatic carbocycles. The van der Waals surface area contributed by atoms with Crippen LogP contribution in [0, 0.1) is 5.92 Å². The van der Waals surface area contributed by atoms with Gasteiger partial charge in [-0.25, -0.2) is 4.98 Å². The highest BCUT2D eigenvalue weighted by molar-refractivity contribution is 5.17. The number of hydrogen-bond acceptors (Lipinski definition) is 4. The molecule has 2 unspecified atom stereocenters. The maximum absolute atomic E-state index is 5.93. The molecule has 2 rings (SSSR count). The molecule has 2 atom stereocenters. The van der Waals surface area contributed by atoms with Crippen molar-refractivity contribution in [2.24, 2.45) is 11.7 Å². The van der Waals surface area contributed by atoms with Crippen LogP contribution in [0.2, 0.25) is 0 Å². The van der Waals surface area contributed by atoms with Gasteiger partial charge in [-0.15, -0.1) is 0 Å². The van der Waals surface area contributed by atoms with Gasteiger partial charge in [0.15, 0.2) is 0 Å². The fourth-order valence-corrected chi connectivity index (χ4v) is 2.87. The number of nitrogens with two attached hydrogens (primary N) is 1. The molecule has 4 nitrogen and oxygen atoms in total. The van der Waals surface area contributed by atoms with Gasteiger partial charge in [0.05, 0.1) is 7.11 Å². The highest BCUT2D eigenvalue weighted by Gasteiger charge is 2.26. The van der Waals surface area contributed by atoms with E-state index in [4.69, 9.17) is 10.5 Å². The van der Waals surface area contributed by atoms with Crippen LogP contribution in [0.25, 0.3) is 0 Å². The molecular weight excluding hydrogens is 238 g/mol. The molecule has 2 N–H and O–H groups in total. The Morgan fingerprint density at radius 2 is 2.32 bits per heavy atom. The summed E-state index contributed by atoms with van der Waals surface area (Å²) < 4.78 is 5.09. The predicted octanol–water partition coefficient (Wildman–Crippen LogP) is 2.04. The van der Waals surface area contributed by atoms with E-state index < -0.39 is 0 Å². The second-order valence-corrected chi connectivity index (χ2v) is 5.37. The number of piperidine rings is 1. The summed E-state index contributed by atoms with van der Waals surface area (Å²) >= 11 is 0. The second kappa shape index (κ2) is 6.87. The molecule has 4 heteroatoms. The van der Waals surface area contributed by atoms with Crippen LogP contribution in [0.15, 0.2) is 18.3 Å². The molecular formula is C15H25N3O. The summed E-state index contributed by atoms with van der Waals surface area (Å²) in [6, 6.07) is 4.53. The molecule has 1 aliphatic heterocycles. The van der Waals surface area contributed by atoms with E-state index in [9.17, 15) is 0 Å². The molecule has 0 spiro atoms. The summed E-state index contributed by atoms with van der Waals surface area (Å²) in [5, 5.41) is 0. The van der Waals surface area contributed by atoms with Crippen molar-refractivity contribution >= 4 is 0 Å². The van der Waals surface area contributed by atoms with Crippen molar-refractivity contribution in [3.05, 3.63) is 23.9 Å². The first-order chi connectivity index (χ1) is 9.26. The molecule has 0 saturated carbocycles. The standard InChI is InChI=1S/C15H25N3O/c1-3-12-6-7-18(14(8-12)9-16)11-13-4-5-15(19-2)17-10-13/h4-5,10,12,14H,3,6-9,11,16H2,1-2H3. The van der Waals surface area contributed by atoms with Crippen LogP contribution in [-0.2, 0) is 6.54 Å². The van der Waals surface area contributed by atoms with Gasteiger partial charge < -0.3 is 10.5 Å². The summed E-state index contributed by atoms with van der Waals surface area (Å²) in [7, 11) is 1.64. The normalized spacial score (nSPS) is 24.4. The molecule has 106 valence electrons. The quantitative estimate of drug-likeness (QED) is 0.883. The zero-order chi connectivity index (χ0) is 13.7. The number of nitrogens with zero attached hydrogens (tertiary/aromatic N) is 2. The monoisotopic (exact) mass is 263 g/mol. The minimum atomic E-state index is 0.515. The Hall–Kier alpha value is -1.13. The molecule has 2 heterocycles. The van der Waals surface area contributed by atoms with E-state index in [1.807, 2.05) is 12.3 Å². The third kappa shape index (κ3) is 3.67. The van der Waals surface area contributed by atoms with Gasteiger partial charge in [-0.3, -0.25) is 4.90 Å². The van der Waals surface area contributed by atoms with Gasteiger partial charge in [0, 0.05) is 31.4 Å². The number of aromatic nitrogens is 1. The van der Waals surface area contributed by atoms with E-state index in [2.05, 4.69) is 22.9 Å². The second-order valence-electron chi connectivity index (χ2n) is 5.37.